The van der Waals surface area contributed by atoms with E-state index < -0.39 is 0 Å². The van der Waals surface area contributed by atoms with Gasteiger partial charge in [-0.2, -0.15) is 0 Å². The third-order valence-electron chi connectivity index (χ3n) is 5.87. The van der Waals surface area contributed by atoms with Gasteiger partial charge in [-0.1, -0.05) is 42.7 Å². The minimum atomic E-state index is -0.150. The average molecular weight is 344 g/mol. The lowest BCUT2D eigenvalue weighted by Gasteiger charge is -2.20. The maximum atomic E-state index is 13.2. The first-order chi connectivity index (χ1) is 12.6. The van der Waals surface area contributed by atoms with Crippen LogP contribution >= 0.6 is 0 Å². The Morgan fingerprint density at radius 2 is 1.54 bits per heavy atom. The van der Waals surface area contributed by atoms with E-state index in [2.05, 4.69) is 0 Å². The zero-order valence-electron chi connectivity index (χ0n) is 14.7. The number of carbonyl (C=O) groups is 2. The summed E-state index contributed by atoms with van der Waals surface area (Å²) >= 11 is 0. The van der Waals surface area contributed by atoms with Crippen LogP contribution in [0.2, 0.25) is 0 Å². The first-order valence-corrected chi connectivity index (χ1v) is 9.32. The highest BCUT2D eigenvalue weighted by molar-refractivity contribution is 6.28. The molecule has 2 atom stereocenters. The van der Waals surface area contributed by atoms with Gasteiger partial charge in [-0.15, -0.1) is 0 Å². The number of aryl methyl sites for hydroxylation is 1. The fourth-order valence-corrected chi connectivity index (χ4v) is 4.61. The van der Waals surface area contributed by atoms with Crippen molar-refractivity contribution in [3.8, 4) is 0 Å². The van der Waals surface area contributed by atoms with Gasteiger partial charge in [0.1, 0.15) is 0 Å². The first-order valence-electron chi connectivity index (χ1n) is 9.32. The monoisotopic (exact) mass is 344 g/mol. The molecule has 1 aliphatic carbocycles. The predicted octanol–water partition coefficient (Wildman–Crippen LogP) is 4.38. The van der Waals surface area contributed by atoms with Gasteiger partial charge in [-0.3, -0.25) is 9.59 Å². The number of pyridine rings is 1. The fraction of sp³-hybridized carbons (Fsp3) is 0.318. The van der Waals surface area contributed by atoms with Crippen LogP contribution in [0.25, 0.3) is 21.8 Å². The maximum absolute atomic E-state index is 13.2. The molecule has 1 aromatic heterocycles. The molecule has 130 valence electrons. The fourth-order valence-electron chi connectivity index (χ4n) is 4.61. The molecule has 2 aromatic carbocycles. The molecule has 5 rings (SSSR count). The number of benzene rings is 2. The standard InChI is InChI=1S/C22H20N2O2/c1-13-10-11-19-17(12-13)20(16-8-4-5-9-18(16)23-19)24-21(25)14-6-2-3-7-15(14)22(24)26/h4-5,8-12,14-15H,2-3,6-7H2,1H3. The molecule has 2 amide bonds. The van der Waals surface area contributed by atoms with Gasteiger partial charge < -0.3 is 0 Å². The summed E-state index contributed by atoms with van der Waals surface area (Å²) in [6.45, 7) is 2.02. The van der Waals surface area contributed by atoms with Gasteiger partial charge in [0, 0.05) is 10.8 Å². The van der Waals surface area contributed by atoms with Crippen LogP contribution in [0.3, 0.4) is 0 Å². The topological polar surface area (TPSA) is 50.3 Å². The Kier molecular flexibility index (Phi) is 3.36. The zero-order valence-corrected chi connectivity index (χ0v) is 14.7. The second kappa shape index (κ2) is 5.63. The number of aromatic nitrogens is 1. The number of carbonyl (C=O) groups excluding carboxylic acids is 2. The quantitative estimate of drug-likeness (QED) is 0.486. The minimum Gasteiger partial charge on any atom is -0.274 e. The molecule has 0 bridgehead atoms. The van der Waals surface area contributed by atoms with Crippen LogP contribution in [-0.4, -0.2) is 16.8 Å². The molecule has 1 saturated carbocycles. The van der Waals surface area contributed by atoms with Crippen molar-refractivity contribution < 1.29 is 9.59 Å². The number of amides is 2. The van der Waals surface area contributed by atoms with E-state index in [-0.39, 0.29) is 23.7 Å². The van der Waals surface area contributed by atoms with E-state index in [1.165, 1.54) is 4.90 Å². The lowest BCUT2D eigenvalue weighted by molar-refractivity contribution is -0.122. The summed E-state index contributed by atoms with van der Waals surface area (Å²) in [5.74, 6) is -0.358. The first kappa shape index (κ1) is 15.5. The molecule has 2 heterocycles. The van der Waals surface area contributed by atoms with E-state index in [0.29, 0.717) is 0 Å². The average Bonchev–Trinajstić information content (AvgIpc) is 2.91. The zero-order chi connectivity index (χ0) is 17.8. The molecule has 2 aliphatic rings. The molecule has 2 unspecified atom stereocenters. The highest BCUT2D eigenvalue weighted by atomic mass is 16.2. The summed E-state index contributed by atoms with van der Waals surface area (Å²) in [5.41, 5.74) is 3.44. The van der Waals surface area contributed by atoms with Crippen molar-refractivity contribution in [3.05, 3.63) is 48.0 Å². The van der Waals surface area contributed by atoms with Gasteiger partial charge in [0.2, 0.25) is 11.8 Å². The number of hydrogen-bond acceptors (Lipinski definition) is 3. The van der Waals surface area contributed by atoms with Crippen LogP contribution in [0.15, 0.2) is 42.5 Å². The summed E-state index contributed by atoms with van der Waals surface area (Å²) in [5, 5.41) is 1.75. The normalized spacial score (nSPS) is 23.0. The van der Waals surface area contributed by atoms with Crippen LogP contribution in [0.4, 0.5) is 5.69 Å². The van der Waals surface area contributed by atoms with Crippen molar-refractivity contribution in [1.29, 1.82) is 0 Å². The smallest absolute Gasteiger partial charge is 0.237 e. The highest BCUT2D eigenvalue weighted by Crippen LogP contribution is 2.44. The van der Waals surface area contributed by atoms with E-state index in [9.17, 15) is 9.59 Å². The summed E-state index contributed by atoms with van der Waals surface area (Å²) in [4.78, 5) is 32.6. The van der Waals surface area contributed by atoms with Crippen LogP contribution in [0.1, 0.15) is 31.2 Å². The molecule has 0 spiro atoms. The van der Waals surface area contributed by atoms with Crippen molar-refractivity contribution in [2.75, 3.05) is 4.90 Å². The summed E-state index contributed by atoms with van der Waals surface area (Å²) in [7, 11) is 0. The molecule has 4 heteroatoms. The maximum Gasteiger partial charge on any atom is 0.237 e. The van der Waals surface area contributed by atoms with Gasteiger partial charge in [-0.05, 0) is 38.0 Å². The molecular formula is C22H20N2O2. The lowest BCUT2D eigenvalue weighted by atomic mass is 9.81. The SMILES string of the molecule is Cc1ccc2nc3ccccc3c(N3C(=O)C4CCCCC4C3=O)c2c1. The Hall–Kier alpha value is -2.75. The van der Waals surface area contributed by atoms with E-state index in [4.69, 9.17) is 4.98 Å². The molecular weight excluding hydrogens is 324 g/mol. The molecule has 4 nitrogen and oxygen atoms in total. The third-order valence-corrected chi connectivity index (χ3v) is 5.87. The number of imide groups is 1. The van der Waals surface area contributed by atoms with Gasteiger partial charge in [0.15, 0.2) is 0 Å². The predicted molar refractivity (Wildman–Crippen MR) is 102 cm³/mol. The third kappa shape index (κ3) is 2.11. The Morgan fingerprint density at radius 3 is 2.27 bits per heavy atom. The molecule has 1 saturated heterocycles. The van der Waals surface area contributed by atoms with Crippen molar-refractivity contribution in [2.45, 2.75) is 32.6 Å². The molecule has 3 aromatic rings. The molecule has 0 radical (unpaired) electrons. The van der Waals surface area contributed by atoms with Crippen LogP contribution in [0.5, 0.6) is 0 Å². The molecule has 2 fully saturated rings. The Labute approximate surface area is 151 Å². The van der Waals surface area contributed by atoms with Gasteiger partial charge >= 0.3 is 0 Å². The number of anilines is 1. The number of para-hydroxylation sites is 1. The van der Waals surface area contributed by atoms with Gasteiger partial charge in [0.25, 0.3) is 0 Å². The lowest BCUT2D eigenvalue weighted by Crippen LogP contribution is -2.31. The molecule has 1 aliphatic heterocycles. The second-order valence-corrected chi connectivity index (χ2v) is 7.51. The van der Waals surface area contributed by atoms with Crippen LogP contribution < -0.4 is 4.90 Å². The summed E-state index contributed by atoms with van der Waals surface area (Å²) in [6, 6.07) is 13.8. The molecule has 26 heavy (non-hydrogen) atoms. The van der Waals surface area contributed by atoms with Crippen molar-refractivity contribution in [2.24, 2.45) is 11.8 Å². The Balaban J connectivity index is 1.83. The van der Waals surface area contributed by atoms with E-state index >= 15 is 0 Å². The highest BCUT2D eigenvalue weighted by Gasteiger charge is 2.49. The summed E-state index contributed by atoms with van der Waals surface area (Å²) < 4.78 is 0. The van der Waals surface area contributed by atoms with E-state index in [1.807, 2.05) is 49.4 Å². The largest absolute Gasteiger partial charge is 0.274 e. The second-order valence-electron chi connectivity index (χ2n) is 7.51. The molecule has 0 N–H and O–H groups in total. The van der Waals surface area contributed by atoms with E-state index in [1.54, 1.807) is 0 Å². The number of rotatable bonds is 1. The van der Waals surface area contributed by atoms with Crippen LogP contribution in [-0.2, 0) is 9.59 Å². The van der Waals surface area contributed by atoms with Gasteiger partial charge in [-0.25, -0.2) is 9.88 Å². The van der Waals surface area contributed by atoms with E-state index in [0.717, 1.165) is 58.7 Å². The van der Waals surface area contributed by atoms with Crippen molar-refractivity contribution in [1.82, 2.24) is 4.98 Å². The van der Waals surface area contributed by atoms with Crippen molar-refractivity contribution in [3.63, 3.8) is 0 Å². The Morgan fingerprint density at radius 1 is 0.885 bits per heavy atom. The summed E-state index contributed by atoms with van der Waals surface area (Å²) in [6.07, 6.45) is 3.72. The van der Waals surface area contributed by atoms with Crippen LogP contribution in [0, 0.1) is 18.8 Å². The number of fused-ring (bicyclic) bond motifs is 3. The Bertz CT molecular complexity index is 1050. The minimum absolute atomic E-state index is 0.0288. The van der Waals surface area contributed by atoms with Gasteiger partial charge in [0.05, 0.1) is 28.6 Å². The number of nitrogens with zero attached hydrogens (tertiary/aromatic N) is 2. The number of hydrogen-bond donors (Lipinski definition) is 0. The van der Waals surface area contributed by atoms with Crippen molar-refractivity contribution >= 4 is 39.3 Å².